The first kappa shape index (κ1) is 10.1. The Bertz CT molecular complexity index is 187. The molecule has 2 rings (SSSR count). The number of ether oxygens (including phenoxy) is 2. The Kier molecular flexibility index (Phi) is 3.54. The lowest BCUT2D eigenvalue weighted by Gasteiger charge is -2.27. The van der Waals surface area contributed by atoms with Gasteiger partial charge in [0.05, 0.1) is 6.10 Å². The average Bonchev–Trinajstić information content (AvgIpc) is 2.67. The summed E-state index contributed by atoms with van der Waals surface area (Å²) in [7, 11) is 0. The van der Waals surface area contributed by atoms with Gasteiger partial charge in [-0.15, -0.1) is 0 Å². The number of carbonyl (C=O) groups is 1. The largest absolute Gasteiger partial charge is 0.353 e. The van der Waals surface area contributed by atoms with Gasteiger partial charge < -0.3 is 14.3 Å². The lowest BCUT2D eigenvalue weighted by atomic mass is 10.1. The number of carbonyl (C=O) groups excluding carboxylic acids is 1. The van der Waals surface area contributed by atoms with E-state index in [2.05, 4.69) is 0 Å². The molecule has 14 heavy (non-hydrogen) atoms. The zero-order valence-electron chi connectivity index (χ0n) is 8.48. The van der Waals surface area contributed by atoms with E-state index in [1.807, 2.05) is 0 Å². The SMILES string of the molecule is O=CC1CCCC1OC1CCCCO1. The van der Waals surface area contributed by atoms with Gasteiger partial charge in [0.2, 0.25) is 0 Å². The van der Waals surface area contributed by atoms with E-state index in [4.69, 9.17) is 9.47 Å². The van der Waals surface area contributed by atoms with Crippen LogP contribution in [-0.2, 0) is 14.3 Å². The molecule has 0 radical (unpaired) electrons. The van der Waals surface area contributed by atoms with Crippen LogP contribution in [0.5, 0.6) is 0 Å². The Hall–Kier alpha value is -0.410. The summed E-state index contributed by atoms with van der Waals surface area (Å²) in [5.74, 6) is 0.112. The first-order valence-electron chi connectivity index (χ1n) is 5.62. The molecule has 0 aromatic rings. The van der Waals surface area contributed by atoms with Gasteiger partial charge in [0.15, 0.2) is 6.29 Å². The molecular weight excluding hydrogens is 180 g/mol. The van der Waals surface area contributed by atoms with Gasteiger partial charge in [0, 0.05) is 12.5 Å². The molecule has 0 bridgehead atoms. The molecule has 1 aliphatic heterocycles. The van der Waals surface area contributed by atoms with Gasteiger partial charge >= 0.3 is 0 Å². The van der Waals surface area contributed by atoms with E-state index in [9.17, 15) is 4.79 Å². The van der Waals surface area contributed by atoms with Gasteiger partial charge in [-0.1, -0.05) is 6.42 Å². The second-order valence-corrected chi connectivity index (χ2v) is 4.20. The fraction of sp³-hybridized carbons (Fsp3) is 0.909. The maximum absolute atomic E-state index is 10.7. The van der Waals surface area contributed by atoms with Crippen LogP contribution >= 0.6 is 0 Å². The van der Waals surface area contributed by atoms with Crippen LogP contribution in [0, 0.1) is 5.92 Å². The molecule has 3 atom stereocenters. The molecule has 1 aliphatic carbocycles. The summed E-state index contributed by atoms with van der Waals surface area (Å²) in [5.41, 5.74) is 0. The molecule has 1 saturated heterocycles. The summed E-state index contributed by atoms with van der Waals surface area (Å²) in [5, 5.41) is 0. The van der Waals surface area contributed by atoms with E-state index in [0.29, 0.717) is 0 Å². The third kappa shape index (κ3) is 2.34. The van der Waals surface area contributed by atoms with Gasteiger partial charge in [0.25, 0.3) is 0 Å². The van der Waals surface area contributed by atoms with Crippen molar-refractivity contribution in [1.82, 2.24) is 0 Å². The molecule has 0 aromatic heterocycles. The monoisotopic (exact) mass is 198 g/mol. The van der Waals surface area contributed by atoms with Crippen LogP contribution in [0.25, 0.3) is 0 Å². The first-order valence-corrected chi connectivity index (χ1v) is 5.62. The average molecular weight is 198 g/mol. The highest BCUT2D eigenvalue weighted by Crippen LogP contribution is 2.29. The highest BCUT2D eigenvalue weighted by molar-refractivity contribution is 5.55. The third-order valence-electron chi connectivity index (χ3n) is 3.14. The highest BCUT2D eigenvalue weighted by atomic mass is 16.7. The zero-order chi connectivity index (χ0) is 9.80. The van der Waals surface area contributed by atoms with E-state index < -0.39 is 0 Å². The number of aldehydes is 1. The molecule has 3 heteroatoms. The molecule has 1 heterocycles. The van der Waals surface area contributed by atoms with Gasteiger partial charge in [-0.25, -0.2) is 0 Å². The Balaban J connectivity index is 1.80. The number of hydrogen-bond acceptors (Lipinski definition) is 3. The van der Waals surface area contributed by atoms with Gasteiger partial charge in [-0.3, -0.25) is 0 Å². The van der Waals surface area contributed by atoms with Crippen molar-refractivity contribution in [2.45, 2.75) is 50.9 Å². The standard InChI is InChI=1S/C11H18O3/c12-8-9-4-3-5-10(9)14-11-6-1-2-7-13-11/h8-11H,1-7H2. The lowest BCUT2D eigenvalue weighted by molar-refractivity contribution is -0.193. The lowest BCUT2D eigenvalue weighted by Crippen LogP contribution is -2.30. The van der Waals surface area contributed by atoms with Crippen LogP contribution in [-0.4, -0.2) is 25.3 Å². The minimum atomic E-state index is -0.0469. The normalized spacial score (nSPS) is 38.4. The number of rotatable bonds is 3. The fourth-order valence-corrected chi connectivity index (χ4v) is 2.29. The molecule has 1 saturated carbocycles. The topological polar surface area (TPSA) is 35.5 Å². The van der Waals surface area contributed by atoms with Gasteiger partial charge in [-0.05, 0) is 32.1 Å². The highest BCUT2D eigenvalue weighted by Gasteiger charge is 2.30. The van der Waals surface area contributed by atoms with Crippen molar-refractivity contribution in [1.29, 1.82) is 0 Å². The summed E-state index contributed by atoms with van der Waals surface area (Å²) >= 11 is 0. The second-order valence-electron chi connectivity index (χ2n) is 4.20. The smallest absolute Gasteiger partial charge is 0.157 e. The quantitative estimate of drug-likeness (QED) is 0.650. The Morgan fingerprint density at radius 2 is 2.07 bits per heavy atom. The molecular formula is C11H18O3. The van der Waals surface area contributed by atoms with Crippen molar-refractivity contribution in [2.75, 3.05) is 6.61 Å². The summed E-state index contributed by atoms with van der Waals surface area (Å²) in [6, 6.07) is 0. The van der Waals surface area contributed by atoms with E-state index >= 15 is 0 Å². The van der Waals surface area contributed by atoms with Crippen molar-refractivity contribution >= 4 is 6.29 Å². The second kappa shape index (κ2) is 4.89. The van der Waals surface area contributed by atoms with Crippen LogP contribution in [0.2, 0.25) is 0 Å². The molecule has 2 fully saturated rings. The first-order chi connectivity index (χ1) is 6.90. The number of hydrogen-bond donors (Lipinski definition) is 0. The molecule has 0 N–H and O–H groups in total. The van der Waals surface area contributed by atoms with E-state index in [1.54, 1.807) is 0 Å². The Labute approximate surface area is 84.8 Å². The molecule has 0 spiro atoms. The van der Waals surface area contributed by atoms with Gasteiger partial charge in [-0.2, -0.15) is 0 Å². The van der Waals surface area contributed by atoms with Crippen LogP contribution in [0.4, 0.5) is 0 Å². The molecule has 3 unspecified atom stereocenters. The zero-order valence-corrected chi connectivity index (χ0v) is 8.48. The van der Waals surface area contributed by atoms with Crippen molar-refractivity contribution in [3.05, 3.63) is 0 Å². The van der Waals surface area contributed by atoms with Gasteiger partial charge in [0.1, 0.15) is 6.29 Å². The summed E-state index contributed by atoms with van der Waals surface area (Å²) < 4.78 is 11.3. The molecule has 0 aromatic carbocycles. The van der Waals surface area contributed by atoms with Crippen molar-refractivity contribution < 1.29 is 14.3 Å². The molecule has 80 valence electrons. The Morgan fingerprint density at radius 1 is 1.14 bits per heavy atom. The summed E-state index contributed by atoms with van der Waals surface area (Å²) in [6.45, 7) is 0.809. The third-order valence-corrected chi connectivity index (χ3v) is 3.14. The fourth-order valence-electron chi connectivity index (χ4n) is 2.29. The van der Waals surface area contributed by atoms with Crippen molar-refractivity contribution in [3.63, 3.8) is 0 Å². The van der Waals surface area contributed by atoms with E-state index in [-0.39, 0.29) is 18.3 Å². The van der Waals surface area contributed by atoms with E-state index in [0.717, 1.165) is 45.0 Å². The minimum absolute atomic E-state index is 0.0469. The van der Waals surface area contributed by atoms with Crippen LogP contribution in [0.1, 0.15) is 38.5 Å². The van der Waals surface area contributed by atoms with E-state index in [1.165, 1.54) is 6.42 Å². The van der Waals surface area contributed by atoms with Crippen LogP contribution < -0.4 is 0 Å². The van der Waals surface area contributed by atoms with Crippen molar-refractivity contribution in [3.8, 4) is 0 Å². The summed E-state index contributed by atoms with van der Waals surface area (Å²) in [4.78, 5) is 10.7. The maximum atomic E-state index is 10.7. The van der Waals surface area contributed by atoms with Crippen molar-refractivity contribution in [2.24, 2.45) is 5.92 Å². The molecule has 0 amide bonds. The minimum Gasteiger partial charge on any atom is -0.353 e. The molecule has 2 aliphatic rings. The predicted octanol–water partition coefficient (Wildman–Crippen LogP) is 1.90. The molecule has 3 nitrogen and oxygen atoms in total. The van der Waals surface area contributed by atoms with Crippen LogP contribution in [0.15, 0.2) is 0 Å². The Morgan fingerprint density at radius 3 is 2.79 bits per heavy atom. The van der Waals surface area contributed by atoms with Crippen LogP contribution in [0.3, 0.4) is 0 Å². The predicted molar refractivity (Wildman–Crippen MR) is 51.9 cm³/mol. The summed E-state index contributed by atoms with van der Waals surface area (Å²) in [6.07, 6.45) is 7.54. The maximum Gasteiger partial charge on any atom is 0.157 e.